The topological polar surface area (TPSA) is 56.6 Å². The lowest BCUT2D eigenvalue weighted by Crippen LogP contribution is -2.27. The highest BCUT2D eigenvalue weighted by molar-refractivity contribution is 5.82. The predicted molar refractivity (Wildman–Crippen MR) is 90.0 cm³/mol. The van der Waals surface area contributed by atoms with Gasteiger partial charge in [-0.05, 0) is 24.1 Å². The Balaban J connectivity index is 1.83. The van der Waals surface area contributed by atoms with E-state index in [2.05, 4.69) is 5.10 Å². The van der Waals surface area contributed by atoms with E-state index in [-0.39, 0.29) is 18.0 Å². The SMILES string of the molecule is COc1ccc(Cn2cc(C3CC3C(=O)N(C)OC)c(C(F)(F)F)n2)cc1. The van der Waals surface area contributed by atoms with E-state index in [4.69, 9.17) is 9.57 Å². The molecule has 2 unspecified atom stereocenters. The fourth-order valence-corrected chi connectivity index (χ4v) is 3.06. The van der Waals surface area contributed by atoms with Gasteiger partial charge in [0.25, 0.3) is 0 Å². The lowest BCUT2D eigenvalue weighted by Gasteiger charge is -2.13. The third-order valence-corrected chi connectivity index (χ3v) is 4.65. The van der Waals surface area contributed by atoms with Crippen LogP contribution in [0.1, 0.15) is 29.2 Å². The first-order valence-electron chi connectivity index (χ1n) is 8.33. The van der Waals surface area contributed by atoms with E-state index in [1.807, 2.05) is 0 Å². The third kappa shape index (κ3) is 4.08. The van der Waals surface area contributed by atoms with E-state index in [0.717, 1.165) is 10.6 Å². The Hall–Kier alpha value is -2.55. The van der Waals surface area contributed by atoms with Crippen molar-refractivity contribution in [2.45, 2.75) is 25.1 Å². The number of hydrogen-bond donors (Lipinski definition) is 0. The van der Waals surface area contributed by atoms with Crippen molar-refractivity contribution in [2.75, 3.05) is 21.3 Å². The molecule has 1 heterocycles. The van der Waals surface area contributed by atoms with E-state index in [1.54, 1.807) is 31.4 Å². The summed E-state index contributed by atoms with van der Waals surface area (Å²) in [6.07, 6.45) is -2.84. The highest BCUT2D eigenvalue weighted by Crippen LogP contribution is 2.51. The smallest absolute Gasteiger partial charge is 0.435 e. The molecule has 0 radical (unpaired) electrons. The number of ether oxygens (including phenoxy) is 1. The normalized spacial score (nSPS) is 19.0. The maximum Gasteiger partial charge on any atom is 0.435 e. The van der Waals surface area contributed by atoms with Crippen LogP contribution in [0.15, 0.2) is 30.5 Å². The molecule has 1 aliphatic rings. The molecule has 3 rings (SSSR count). The van der Waals surface area contributed by atoms with Crippen LogP contribution in [0, 0.1) is 5.92 Å². The first-order valence-corrected chi connectivity index (χ1v) is 8.33. The van der Waals surface area contributed by atoms with Gasteiger partial charge in [-0.15, -0.1) is 0 Å². The summed E-state index contributed by atoms with van der Waals surface area (Å²) < 4.78 is 46.6. The van der Waals surface area contributed by atoms with E-state index in [9.17, 15) is 18.0 Å². The van der Waals surface area contributed by atoms with Gasteiger partial charge >= 0.3 is 6.18 Å². The third-order valence-electron chi connectivity index (χ3n) is 4.65. The van der Waals surface area contributed by atoms with Crippen molar-refractivity contribution in [3.05, 3.63) is 47.3 Å². The van der Waals surface area contributed by atoms with Crippen molar-refractivity contribution < 1.29 is 27.5 Å². The number of benzene rings is 1. The number of methoxy groups -OCH3 is 1. The van der Waals surface area contributed by atoms with Crippen molar-refractivity contribution in [2.24, 2.45) is 5.92 Å². The van der Waals surface area contributed by atoms with E-state index in [1.165, 1.54) is 25.0 Å². The first-order chi connectivity index (χ1) is 12.7. The van der Waals surface area contributed by atoms with Gasteiger partial charge in [0.2, 0.25) is 5.91 Å². The van der Waals surface area contributed by atoms with E-state index < -0.39 is 23.7 Å². The van der Waals surface area contributed by atoms with Crippen LogP contribution in [0.4, 0.5) is 13.2 Å². The maximum atomic E-state index is 13.4. The Morgan fingerprint density at radius 1 is 1.30 bits per heavy atom. The molecular formula is C18H20F3N3O3. The number of alkyl halides is 3. The number of carbonyl (C=O) groups is 1. The van der Waals surface area contributed by atoms with Crippen LogP contribution in [0.3, 0.4) is 0 Å². The van der Waals surface area contributed by atoms with Crippen LogP contribution >= 0.6 is 0 Å². The standard InChI is InChI=1S/C18H20F3N3O3/c1-23(27-3)17(25)14-8-13(14)15-10-24(22-16(15)18(19,20)21)9-11-4-6-12(26-2)7-5-11/h4-7,10,13-14H,8-9H2,1-3H3. The van der Waals surface area contributed by atoms with Gasteiger partial charge in [-0.1, -0.05) is 12.1 Å². The Morgan fingerprint density at radius 2 is 1.96 bits per heavy atom. The Morgan fingerprint density at radius 3 is 2.52 bits per heavy atom. The molecule has 1 aromatic heterocycles. The van der Waals surface area contributed by atoms with Crippen LogP contribution in [0.5, 0.6) is 5.75 Å². The number of nitrogens with zero attached hydrogens (tertiary/aromatic N) is 3. The van der Waals surface area contributed by atoms with Crippen molar-refractivity contribution in [3.63, 3.8) is 0 Å². The zero-order chi connectivity index (χ0) is 19.8. The van der Waals surface area contributed by atoms with Gasteiger partial charge in [0, 0.05) is 30.6 Å². The molecule has 146 valence electrons. The molecular weight excluding hydrogens is 363 g/mol. The fourth-order valence-electron chi connectivity index (χ4n) is 3.06. The molecule has 1 aromatic carbocycles. The summed E-state index contributed by atoms with van der Waals surface area (Å²) in [5.41, 5.74) is -0.0867. The van der Waals surface area contributed by atoms with Gasteiger partial charge in [-0.25, -0.2) is 5.06 Å². The summed E-state index contributed by atoms with van der Waals surface area (Å²) in [7, 11) is 4.32. The molecule has 0 saturated heterocycles. The van der Waals surface area contributed by atoms with Gasteiger partial charge in [-0.2, -0.15) is 18.3 Å². The van der Waals surface area contributed by atoms with Gasteiger partial charge in [0.1, 0.15) is 5.75 Å². The molecule has 27 heavy (non-hydrogen) atoms. The van der Waals surface area contributed by atoms with Crippen molar-refractivity contribution in [3.8, 4) is 5.75 Å². The van der Waals surface area contributed by atoms with E-state index >= 15 is 0 Å². The summed E-state index contributed by atoms with van der Waals surface area (Å²) in [5, 5.41) is 4.79. The van der Waals surface area contributed by atoms with Crippen molar-refractivity contribution in [1.82, 2.24) is 14.8 Å². The van der Waals surface area contributed by atoms with Crippen molar-refractivity contribution in [1.29, 1.82) is 0 Å². The Labute approximate surface area is 154 Å². The Kier molecular flexibility index (Phi) is 5.14. The lowest BCUT2D eigenvalue weighted by atomic mass is 10.1. The molecule has 6 nitrogen and oxygen atoms in total. The second-order valence-electron chi connectivity index (χ2n) is 6.44. The summed E-state index contributed by atoms with van der Waals surface area (Å²) in [5.74, 6) is -0.693. The average molecular weight is 383 g/mol. The highest BCUT2D eigenvalue weighted by atomic mass is 19.4. The minimum atomic E-state index is -4.58. The summed E-state index contributed by atoms with van der Waals surface area (Å²) in [6, 6.07) is 7.01. The number of hydroxylamine groups is 2. The number of hydrogen-bond acceptors (Lipinski definition) is 4. The van der Waals surface area contributed by atoms with Crippen LogP contribution in [0.2, 0.25) is 0 Å². The van der Waals surface area contributed by atoms with Crippen LogP contribution in [0.25, 0.3) is 0 Å². The molecule has 2 atom stereocenters. The summed E-state index contributed by atoms with van der Waals surface area (Å²) in [4.78, 5) is 16.9. The average Bonchev–Trinajstić information content (AvgIpc) is 3.32. The number of aromatic nitrogens is 2. The van der Waals surface area contributed by atoms with E-state index in [0.29, 0.717) is 12.2 Å². The molecule has 2 aromatic rings. The van der Waals surface area contributed by atoms with Gasteiger partial charge < -0.3 is 4.74 Å². The number of amides is 1. The van der Waals surface area contributed by atoms with Crippen LogP contribution in [-0.4, -0.2) is 42.0 Å². The molecule has 1 aliphatic carbocycles. The first kappa shape index (κ1) is 19.2. The molecule has 1 amide bonds. The van der Waals surface area contributed by atoms with Crippen molar-refractivity contribution >= 4 is 5.91 Å². The molecule has 1 fully saturated rings. The zero-order valence-corrected chi connectivity index (χ0v) is 15.2. The fraction of sp³-hybridized carbons (Fsp3) is 0.444. The molecule has 0 bridgehead atoms. The highest BCUT2D eigenvalue weighted by Gasteiger charge is 2.50. The van der Waals surface area contributed by atoms with Gasteiger partial charge in [0.15, 0.2) is 5.69 Å². The zero-order valence-electron chi connectivity index (χ0n) is 15.2. The maximum absolute atomic E-state index is 13.4. The van der Waals surface area contributed by atoms with Crippen LogP contribution < -0.4 is 4.74 Å². The minimum Gasteiger partial charge on any atom is -0.497 e. The molecule has 0 aliphatic heterocycles. The summed E-state index contributed by atoms with van der Waals surface area (Å²) >= 11 is 0. The summed E-state index contributed by atoms with van der Waals surface area (Å²) in [6.45, 7) is 0.191. The molecule has 1 saturated carbocycles. The quantitative estimate of drug-likeness (QED) is 0.720. The van der Waals surface area contributed by atoms with Crippen LogP contribution in [-0.2, 0) is 22.4 Å². The molecule has 9 heteroatoms. The second-order valence-corrected chi connectivity index (χ2v) is 6.44. The molecule has 0 spiro atoms. The minimum absolute atomic E-state index is 0.0545. The lowest BCUT2D eigenvalue weighted by molar-refractivity contribution is -0.170. The number of carbonyl (C=O) groups excluding carboxylic acids is 1. The monoisotopic (exact) mass is 383 g/mol. The second kappa shape index (κ2) is 7.22. The Bertz CT molecular complexity index is 817. The van der Waals surface area contributed by atoms with Gasteiger partial charge in [0.05, 0.1) is 20.8 Å². The predicted octanol–water partition coefficient (Wildman–Crippen LogP) is 3.08. The largest absolute Gasteiger partial charge is 0.497 e. The molecule has 0 N–H and O–H groups in total. The number of halogens is 3. The van der Waals surface area contributed by atoms with Gasteiger partial charge in [-0.3, -0.25) is 14.3 Å². The number of rotatable bonds is 6.